The van der Waals surface area contributed by atoms with E-state index >= 15 is 0 Å². The molecule has 0 radical (unpaired) electrons. The van der Waals surface area contributed by atoms with Crippen molar-refractivity contribution in [3.05, 3.63) is 57.5 Å². The second-order valence-corrected chi connectivity index (χ2v) is 6.36. The van der Waals surface area contributed by atoms with E-state index in [1.807, 2.05) is 24.0 Å². The zero-order valence-corrected chi connectivity index (χ0v) is 12.5. The Kier molecular flexibility index (Phi) is 4.03. The molecule has 1 aromatic heterocycles. The molecule has 1 amide bonds. The molecule has 0 aliphatic carbocycles. The number of thiophene rings is 1. The summed E-state index contributed by atoms with van der Waals surface area (Å²) in [6.45, 7) is 3.58. The quantitative estimate of drug-likeness (QED) is 0.851. The summed E-state index contributed by atoms with van der Waals surface area (Å²) >= 11 is 1.51. The summed E-state index contributed by atoms with van der Waals surface area (Å²) in [5.41, 5.74) is 0.899. The number of halogens is 1. The van der Waals surface area contributed by atoms with Gasteiger partial charge in [0.05, 0.1) is 18.0 Å². The van der Waals surface area contributed by atoms with Gasteiger partial charge < -0.3 is 9.64 Å². The Labute approximate surface area is 127 Å². The average molecular weight is 305 g/mol. The second kappa shape index (κ2) is 5.95. The standard InChI is InChI=1S/C16H16FNO2S/c1-11-2-7-15(21-11)16(19)18-8-9-20-14(10-18)12-3-5-13(17)6-4-12/h2-7,14H,8-10H2,1H3. The van der Waals surface area contributed by atoms with Crippen LogP contribution in [0.3, 0.4) is 0 Å². The van der Waals surface area contributed by atoms with Crippen LogP contribution in [0.15, 0.2) is 36.4 Å². The first kappa shape index (κ1) is 14.2. The first-order valence-electron chi connectivity index (χ1n) is 6.86. The number of morpholine rings is 1. The summed E-state index contributed by atoms with van der Waals surface area (Å²) in [7, 11) is 0. The predicted molar refractivity (Wildman–Crippen MR) is 80.1 cm³/mol. The van der Waals surface area contributed by atoms with E-state index in [-0.39, 0.29) is 17.8 Å². The molecule has 1 aliphatic heterocycles. The number of carbonyl (C=O) groups excluding carboxylic acids is 1. The van der Waals surface area contributed by atoms with E-state index in [0.717, 1.165) is 15.3 Å². The molecule has 1 atom stereocenters. The molecular formula is C16H16FNO2S. The average Bonchev–Trinajstić information content (AvgIpc) is 2.94. The zero-order valence-electron chi connectivity index (χ0n) is 11.7. The summed E-state index contributed by atoms with van der Waals surface area (Å²) in [4.78, 5) is 16.2. The highest BCUT2D eigenvalue weighted by atomic mass is 32.1. The number of carbonyl (C=O) groups is 1. The molecule has 21 heavy (non-hydrogen) atoms. The Hall–Kier alpha value is -1.72. The molecule has 1 fully saturated rings. The third kappa shape index (κ3) is 3.14. The topological polar surface area (TPSA) is 29.5 Å². The van der Waals surface area contributed by atoms with Gasteiger partial charge in [-0.1, -0.05) is 12.1 Å². The number of hydrogen-bond acceptors (Lipinski definition) is 3. The minimum atomic E-state index is -0.267. The van der Waals surface area contributed by atoms with Crippen molar-refractivity contribution in [2.45, 2.75) is 13.0 Å². The van der Waals surface area contributed by atoms with Gasteiger partial charge in [0.2, 0.25) is 0 Å². The predicted octanol–water partition coefficient (Wildman–Crippen LogP) is 3.41. The van der Waals surface area contributed by atoms with Gasteiger partial charge in [-0.15, -0.1) is 11.3 Å². The Morgan fingerprint density at radius 2 is 2.05 bits per heavy atom. The Balaban J connectivity index is 1.73. The van der Waals surface area contributed by atoms with Gasteiger partial charge >= 0.3 is 0 Å². The molecule has 5 heteroatoms. The summed E-state index contributed by atoms with van der Waals surface area (Å²) in [6, 6.07) is 10.1. The normalized spacial score (nSPS) is 18.8. The van der Waals surface area contributed by atoms with Crippen LogP contribution in [0, 0.1) is 12.7 Å². The van der Waals surface area contributed by atoms with Crippen LogP contribution in [0.5, 0.6) is 0 Å². The summed E-state index contributed by atoms with van der Waals surface area (Å²) < 4.78 is 18.7. The van der Waals surface area contributed by atoms with Crippen molar-refractivity contribution >= 4 is 17.2 Å². The summed E-state index contributed by atoms with van der Waals surface area (Å²) in [6.07, 6.45) is -0.190. The Morgan fingerprint density at radius 3 is 2.71 bits per heavy atom. The Bertz CT molecular complexity index is 638. The minimum Gasteiger partial charge on any atom is -0.370 e. The van der Waals surface area contributed by atoms with Gasteiger partial charge in [-0.25, -0.2) is 4.39 Å². The van der Waals surface area contributed by atoms with Crippen LogP contribution >= 0.6 is 11.3 Å². The zero-order chi connectivity index (χ0) is 14.8. The van der Waals surface area contributed by atoms with E-state index < -0.39 is 0 Å². The minimum absolute atomic E-state index is 0.0449. The third-order valence-corrected chi connectivity index (χ3v) is 4.54. The molecule has 0 saturated carbocycles. The molecule has 1 aromatic carbocycles. The molecular weight excluding hydrogens is 289 g/mol. The van der Waals surface area contributed by atoms with Gasteiger partial charge in [0.15, 0.2) is 0 Å². The smallest absolute Gasteiger partial charge is 0.264 e. The number of amides is 1. The molecule has 2 heterocycles. The lowest BCUT2D eigenvalue weighted by molar-refractivity contribution is -0.0226. The molecule has 0 spiro atoms. The van der Waals surface area contributed by atoms with Gasteiger partial charge in [0.25, 0.3) is 5.91 Å². The van der Waals surface area contributed by atoms with Crippen LogP contribution in [0.2, 0.25) is 0 Å². The summed E-state index contributed by atoms with van der Waals surface area (Å²) in [5.74, 6) is -0.222. The SMILES string of the molecule is Cc1ccc(C(=O)N2CCOC(c3ccc(F)cc3)C2)s1. The molecule has 110 valence electrons. The number of ether oxygens (including phenoxy) is 1. The van der Waals surface area contributed by atoms with Gasteiger partial charge in [-0.2, -0.15) is 0 Å². The van der Waals surface area contributed by atoms with Gasteiger partial charge in [0, 0.05) is 11.4 Å². The molecule has 0 N–H and O–H groups in total. The molecule has 3 nitrogen and oxygen atoms in total. The fourth-order valence-electron chi connectivity index (χ4n) is 2.42. The van der Waals surface area contributed by atoms with E-state index in [0.29, 0.717) is 19.7 Å². The van der Waals surface area contributed by atoms with E-state index in [1.165, 1.54) is 23.5 Å². The first-order valence-corrected chi connectivity index (χ1v) is 7.68. The van der Waals surface area contributed by atoms with Crippen LogP contribution in [0.25, 0.3) is 0 Å². The molecule has 0 bridgehead atoms. The van der Waals surface area contributed by atoms with Crippen LogP contribution < -0.4 is 0 Å². The van der Waals surface area contributed by atoms with Crippen molar-refractivity contribution in [1.29, 1.82) is 0 Å². The van der Waals surface area contributed by atoms with E-state index in [4.69, 9.17) is 4.74 Å². The largest absolute Gasteiger partial charge is 0.370 e. The maximum absolute atomic E-state index is 13.0. The van der Waals surface area contributed by atoms with Crippen molar-refractivity contribution < 1.29 is 13.9 Å². The lowest BCUT2D eigenvalue weighted by Gasteiger charge is -2.33. The van der Waals surface area contributed by atoms with Crippen molar-refractivity contribution in [3.63, 3.8) is 0 Å². The van der Waals surface area contributed by atoms with Crippen LogP contribution in [-0.2, 0) is 4.74 Å². The molecule has 1 saturated heterocycles. The maximum Gasteiger partial charge on any atom is 0.264 e. The maximum atomic E-state index is 13.0. The first-order chi connectivity index (χ1) is 10.1. The fraction of sp³-hybridized carbons (Fsp3) is 0.312. The van der Waals surface area contributed by atoms with Crippen molar-refractivity contribution in [2.75, 3.05) is 19.7 Å². The Morgan fingerprint density at radius 1 is 1.29 bits per heavy atom. The summed E-state index contributed by atoms with van der Waals surface area (Å²) in [5, 5.41) is 0. The molecule has 1 unspecified atom stereocenters. The van der Waals surface area contributed by atoms with E-state index in [2.05, 4.69) is 0 Å². The van der Waals surface area contributed by atoms with Crippen LogP contribution in [-0.4, -0.2) is 30.5 Å². The van der Waals surface area contributed by atoms with Gasteiger partial charge in [-0.3, -0.25) is 4.79 Å². The number of hydrogen-bond donors (Lipinski definition) is 0. The van der Waals surface area contributed by atoms with E-state index in [1.54, 1.807) is 12.1 Å². The molecule has 2 aromatic rings. The van der Waals surface area contributed by atoms with Crippen molar-refractivity contribution in [1.82, 2.24) is 4.90 Å². The highest BCUT2D eigenvalue weighted by Gasteiger charge is 2.26. The van der Waals surface area contributed by atoms with Crippen LogP contribution in [0.1, 0.15) is 26.2 Å². The fourth-order valence-corrected chi connectivity index (χ4v) is 3.25. The molecule has 1 aliphatic rings. The highest BCUT2D eigenvalue weighted by Crippen LogP contribution is 2.25. The lowest BCUT2D eigenvalue weighted by Crippen LogP contribution is -2.42. The number of rotatable bonds is 2. The van der Waals surface area contributed by atoms with Gasteiger partial charge in [0.1, 0.15) is 11.9 Å². The monoisotopic (exact) mass is 305 g/mol. The van der Waals surface area contributed by atoms with Crippen molar-refractivity contribution in [2.24, 2.45) is 0 Å². The number of benzene rings is 1. The number of aryl methyl sites for hydroxylation is 1. The lowest BCUT2D eigenvalue weighted by atomic mass is 10.1. The third-order valence-electron chi connectivity index (χ3n) is 3.55. The second-order valence-electron chi connectivity index (χ2n) is 5.07. The number of nitrogens with zero attached hydrogens (tertiary/aromatic N) is 1. The van der Waals surface area contributed by atoms with Gasteiger partial charge in [-0.05, 0) is 36.8 Å². The van der Waals surface area contributed by atoms with Crippen molar-refractivity contribution in [3.8, 4) is 0 Å². The highest BCUT2D eigenvalue weighted by molar-refractivity contribution is 7.13. The molecule has 3 rings (SSSR count). The van der Waals surface area contributed by atoms with E-state index in [9.17, 15) is 9.18 Å². The van der Waals surface area contributed by atoms with Crippen LogP contribution in [0.4, 0.5) is 4.39 Å².